The van der Waals surface area contributed by atoms with E-state index in [-0.39, 0.29) is 0 Å². The first kappa shape index (κ1) is 25.8. The van der Waals surface area contributed by atoms with Crippen LogP contribution in [0, 0.1) is 5.41 Å². The average Bonchev–Trinajstić information content (AvgIpc) is 2.32. The molecule has 0 saturated heterocycles. The van der Waals surface area contributed by atoms with Crippen LogP contribution in [0.1, 0.15) is 0 Å². The van der Waals surface area contributed by atoms with Gasteiger partial charge in [0.25, 0.3) is 5.41 Å². The second-order valence-corrected chi connectivity index (χ2v) is 4.58. The molecule has 0 heterocycles. The molecule has 0 fully saturated rings. The summed E-state index contributed by atoms with van der Waals surface area (Å²) in [5.41, 5.74) is -7.06. The fourth-order valence-electron chi connectivity index (χ4n) is 1.31. The number of aliphatic hydroxyl groups excluding tert-OH is 1. The molecule has 0 amide bonds. The molecule has 3 nitrogen and oxygen atoms in total. The second kappa shape index (κ2) is 7.02. The predicted octanol–water partition coefficient (Wildman–Crippen LogP) is 4.46. The highest BCUT2D eigenvalue weighted by atomic mass is 19.4. The largest absolute Gasteiger partial charge is 0.453 e. The van der Waals surface area contributed by atoms with Gasteiger partial charge in [-0.05, 0) is 0 Å². The van der Waals surface area contributed by atoms with Crippen molar-refractivity contribution in [3.05, 3.63) is 0 Å². The third-order valence-corrected chi connectivity index (χ3v) is 2.72. The predicted molar refractivity (Wildman–Crippen MR) is 49.6 cm³/mol. The van der Waals surface area contributed by atoms with Crippen LogP contribution in [0.25, 0.3) is 0 Å². The number of rotatable bonds is 8. The van der Waals surface area contributed by atoms with E-state index in [1.54, 1.807) is 4.74 Å². The fraction of sp³-hybridized carbons (Fsp3) is 1.00. The van der Waals surface area contributed by atoms with Gasteiger partial charge >= 0.3 is 36.8 Å². The van der Waals surface area contributed by atoms with Gasteiger partial charge in [0, 0.05) is 0 Å². The number of ether oxygens (including phenoxy) is 2. The first-order valence-corrected chi connectivity index (χ1v) is 5.75. The lowest BCUT2D eigenvalue weighted by Gasteiger charge is -2.41. The van der Waals surface area contributed by atoms with Crippen LogP contribution in [0.15, 0.2) is 0 Å². The molecule has 0 aromatic rings. The van der Waals surface area contributed by atoms with Gasteiger partial charge in [0.15, 0.2) is 0 Å². The Morgan fingerprint density at radius 2 is 0.889 bits per heavy atom. The maximum Gasteiger partial charge on any atom is 0.453 e. The minimum absolute atomic E-state index is 1.55. The van der Waals surface area contributed by atoms with Crippen molar-refractivity contribution in [2.45, 2.75) is 36.8 Å². The number of halogens is 15. The monoisotopic (exact) mass is 446 g/mol. The van der Waals surface area contributed by atoms with Crippen molar-refractivity contribution in [2.24, 2.45) is 5.41 Å². The van der Waals surface area contributed by atoms with Crippen LogP contribution in [0.5, 0.6) is 0 Å². The van der Waals surface area contributed by atoms with Crippen molar-refractivity contribution >= 4 is 0 Å². The topological polar surface area (TPSA) is 38.7 Å². The first-order chi connectivity index (χ1) is 11.5. The average molecular weight is 446 g/mol. The molecule has 0 bridgehead atoms. The molecule has 0 spiro atoms. The van der Waals surface area contributed by atoms with Crippen LogP contribution in [-0.4, -0.2) is 55.2 Å². The normalized spacial score (nSPS) is 16.0. The molecule has 164 valence electrons. The maximum atomic E-state index is 13.3. The Labute approximate surface area is 137 Å². The number of hydrogen-bond donors (Lipinski definition) is 1. The van der Waals surface area contributed by atoms with Gasteiger partial charge in [0.1, 0.15) is 13.3 Å². The molecule has 0 atom stereocenters. The van der Waals surface area contributed by atoms with Crippen molar-refractivity contribution in [2.75, 3.05) is 13.3 Å². The molecule has 18 heteroatoms. The molecular weight excluding hydrogens is 441 g/mol. The Morgan fingerprint density at radius 1 is 0.556 bits per heavy atom. The minimum Gasteiger partial charge on any atom is -0.387 e. The van der Waals surface area contributed by atoms with E-state index in [1.165, 1.54) is 0 Å². The van der Waals surface area contributed by atoms with Gasteiger partial charge < -0.3 is 5.11 Å². The minimum atomic E-state index is -7.50. The highest BCUT2D eigenvalue weighted by Crippen LogP contribution is 2.61. The summed E-state index contributed by atoms with van der Waals surface area (Å²) in [5, 5.41) is 7.85. The van der Waals surface area contributed by atoms with Crippen molar-refractivity contribution in [3.8, 4) is 0 Å². The van der Waals surface area contributed by atoms with Crippen LogP contribution in [0.3, 0.4) is 0 Å². The molecule has 0 aliphatic rings. The zero-order valence-electron chi connectivity index (χ0n) is 11.8. The highest BCUT2D eigenvalue weighted by Gasteiger charge is 2.86. The van der Waals surface area contributed by atoms with Crippen LogP contribution in [0.2, 0.25) is 0 Å². The van der Waals surface area contributed by atoms with Crippen LogP contribution >= 0.6 is 0 Å². The fourth-order valence-corrected chi connectivity index (χ4v) is 1.31. The number of hydrogen-bond acceptors (Lipinski definition) is 3. The number of alkyl halides is 15. The Bertz CT molecular complexity index is 494. The molecule has 0 rings (SSSR count). The van der Waals surface area contributed by atoms with Gasteiger partial charge in [-0.25, -0.2) is 13.9 Å². The molecule has 0 radical (unpaired) electrons. The van der Waals surface area contributed by atoms with E-state index in [0.717, 1.165) is 0 Å². The van der Waals surface area contributed by atoms with Gasteiger partial charge in [0.2, 0.25) is 0 Å². The lowest BCUT2D eigenvalue weighted by atomic mass is 9.86. The van der Waals surface area contributed by atoms with Crippen LogP contribution in [-0.2, 0) is 9.47 Å². The van der Waals surface area contributed by atoms with Gasteiger partial charge in [-0.2, -0.15) is 61.5 Å². The molecule has 1 N–H and O–H groups in total. The summed E-state index contributed by atoms with van der Waals surface area (Å²) in [5.74, 6) is 0. The van der Waals surface area contributed by atoms with Gasteiger partial charge in [-0.1, -0.05) is 0 Å². The zero-order valence-corrected chi connectivity index (χ0v) is 11.8. The Kier molecular flexibility index (Phi) is 6.71. The number of aliphatic hydroxyl groups is 1. The summed E-state index contributed by atoms with van der Waals surface area (Å²) >= 11 is 0. The molecule has 0 aromatic heterocycles. The smallest absolute Gasteiger partial charge is 0.387 e. The molecule has 0 aliphatic heterocycles. The molecule has 0 saturated carbocycles. The molecule has 0 aliphatic carbocycles. The highest BCUT2D eigenvalue weighted by molar-refractivity contribution is 5.00. The molecular formula is C9H5F15O3. The summed E-state index contributed by atoms with van der Waals surface area (Å²) in [6, 6.07) is 0. The van der Waals surface area contributed by atoms with Crippen molar-refractivity contribution in [1.82, 2.24) is 0 Å². The Morgan fingerprint density at radius 3 is 1.15 bits per heavy atom. The third kappa shape index (κ3) is 4.64. The summed E-state index contributed by atoms with van der Waals surface area (Å²) in [7, 11) is 0. The zero-order chi connectivity index (χ0) is 22.3. The van der Waals surface area contributed by atoms with Crippen molar-refractivity contribution in [1.29, 1.82) is 0 Å². The van der Waals surface area contributed by atoms with E-state index in [2.05, 4.69) is 0 Å². The quantitative estimate of drug-likeness (QED) is 0.560. The van der Waals surface area contributed by atoms with E-state index >= 15 is 0 Å². The van der Waals surface area contributed by atoms with E-state index in [4.69, 9.17) is 5.11 Å². The van der Waals surface area contributed by atoms with Gasteiger partial charge in [0.05, 0.1) is 0 Å². The lowest BCUT2D eigenvalue weighted by Crippen LogP contribution is -2.66. The summed E-state index contributed by atoms with van der Waals surface area (Å²) < 4.78 is 193. The van der Waals surface area contributed by atoms with Crippen molar-refractivity contribution < 1.29 is 80.4 Å². The van der Waals surface area contributed by atoms with E-state index in [0.29, 0.717) is 0 Å². The molecule has 27 heavy (non-hydrogen) atoms. The maximum absolute atomic E-state index is 13.3. The summed E-state index contributed by atoms with van der Waals surface area (Å²) in [6.07, 6.45) is -42.2. The van der Waals surface area contributed by atoms with Crippen LogP contribution < -0.4 is 0 Å². The van der Waals surface area contributed by atoms with Gasteiger partial charge in [-0.3, -0.25) is 0 Å². The Balaban J connectivity index is 6.21. The third-order valence-electron chi connectivity index (χ3n) is 2.72. The SMILES string of the molecule is OCC(F)(F)OC(F)(F)C(F)(F)OC(F)(F)C(CF)(C(F)(F)F)C(F)(F)F. The van der Waals surface area contributed by atoms with E-state index in [1.807, 2.05) is 4.74 Å². The molecule has 0 unspecified atom stereocenters. The van der Waals surface area contributed by atoms with Crippen molar-refractivity contribution in [3.63, 3.8) is 0 Å². The van der Waals surface area contributed by atoms with E-state index in [9.17, 15) is 65.9 Å². The van der Waals surface area contributed by atoms with Crippen LogP contribution in [0.4, 0.5) is 65.9 Å². The van der Waals surface area contributed by atoms with Gasteiger partial charge in [-0.15, -0.1) is 0 Å². The second-order valence-electron chi connectivity index (χ2n) is 4.58. The Hall–Kier alpha value is -1.17. The standard InChI is InChI=1S/C9H5F15O3/c10-1-3(5(13,14)15,6(16,17)18)7(19,20)27-9(23,24)8(21,22)26-4(11,12)2-25/h25H,1-2H2. The first-order valence-electron chi connectivity index (χ1n) is 5.75. The summed E-state index contributed by atoms with van der Waals surface area (Å²) in [4.78, 5) is 0. The lowest BCUT2D eigenvalue weighted by molar-refractivity contribution is -0.548. The van der Waals surface area contributed by atoms with E-state index < -0.39 is 55.5 Å². The summed E-state index contributed by atoms with van der Waals surface area (Å²) in [6.45, 7) is -6.99. The molecule has 0 aromatic carbocycles.